The molecule has 0 aliphatic heterocycles. The average Bonchev–Trinajstić information content (AvgIpc) is 2.55. The molecule has 0 spiro atoms. The van der Waals surface area contributed by atoms with Crippen molar-refractivity contribution in [2.24, 2.45) is 0 Å². The lowest BCUT2D eigenvalue weighted by Gasteiger charge is -2.22. The van der Waals surface area contributed by atoms with E-state index in [1.807, 2.05) is 31.4 Å². The molecular weight excluding hydrogens is 308 g/mol. The number of hydrogen-bond donors (Lipinski definition) is 2. The fourth-order valence-electron chi connectivity index (χ4n) is 2.33. The number of carbonyl (C=O) groups is 2. The van der Waals surface area contributed by atoms with Gasteiger partial charge in [0.2, 0.25) is 5.91 Å². The van der Waals surface area contributed by atoms with Crippen molar-refractivity contribution in [2.45, 2.75) is 52.1 Å². The third-order valence-electron chi connectivity index (χ3n) is 3.84. The van der Waals surface area contributed by atoms with Crippen molar-refractivity contribution in [2.75, 3.05) is 12.0 Å². The van der Waals surface area contributed by atoms with Gasteiger partial charge in [-0.05, 0) is 50.3 Å². The van der Waals surface area contributed by atoms with Crippen LogP contribution in [-0.2, 0) is 4.79 Å². The first-order valence-corrected chi connectivity index (χ1v) is 9.58. The van der Waals surface area contributed by atoms with Crippen LogP contribution in [0.5, 0.6) is 0 Å². The van der Waals surface area contributed by atoms with Gasteiger partial charge in [-0.3, -0.25) is 9.59 Å². The number of aryl methyl sites for hydroxylation is 1. The Labute approximate surface area is 143 Å². The topological polar surface area (TPSA) is 58.2 Å². The Morgan fingerprint density at radius 1 is 1.17 bits per heavy atom. The van der Waals surface area contributed by atoms with Crippen LogP contribution in [0.25, 0.3) is 0 Å². The molecule has 0 bridgehead atoms. The maximum absolute atomic E-state index is 12.5. The molecule has 0 saturated heterocycles. The second kappa shape index (κ2) is 10.3. The zero-order chi connectivity index (χ0) is 17.2. The molecule has 0 fully saturated rings. The average molecular weight is 337 g/mol. The molecule has 128 valence electrons. The Hall–Kier alpha value is -1.49. The predicted molar refractivity (Wildman–Crippen MR) is 97.9 cm³/mol. The van der Waals surface area contributed by atoms with Crippen molar-refractivity contribution in [1.82, 2.24) is 10.6 Å². The Balaban J connectivity index is 2.77. The van der Waals surface area contributed by atoms with Crippen LogP contribution in [0.15, 0.2) is 24.3 Å². The first kappa shape index (κ1) is 19.6. The number of carbonyl (C=O) groups excluding carboxylic acids is 2. The molecule has 0 radical (unpaired) electrons. The van der Waals surface area contributed by atoms with Crippen molar-refractivity contribution >= 4 is 23.6 Å². The minimum absolute atomic E-state index is 0.0891. The van der Waals surface area contributed by atoms with Gasteiger partial charge in [0.1, 0.15) is 6.04 Å². The number of nitrogens with one attached hydrogen (secondary N) is 2. The van der Waals surface area contributed by atoms with E-state index in [0.29, 0.717) is 12.0 Å². The van der Waals surface area contributed by atoms with Gasteiger partial charge in [0, 0.05) is 11.6 Å². The first-order valence-electron chi connectivity index (χ1n) is 8.18. The molecule has 0 saturated carbocycles. The summed E-state index contributed by atoms with van der Waals surface area (Å²) in [7, 11) is 0. The van der Waals surface area contributed by atoms with Crippen molar-refractivity contribution < 1.29 is 9.59 Å². The van der Waals surface area contributed by atoms with Gasteiger partial charge in [-0.2, -0.15) is 11.8 Å². The number of amides is 2. The van der Waals surface area contributed by atoms with E-state index in [2.05, 4.69) is 24.5 Å². The molecule has 2 N–H and O–H groups in total. The maximum Gasteiger partial charge on any atom is 0.251 e. The highest BCUT2D eigenvalue weighted by Gasteiger charge is 2.22. The monoisotopic (exact) mass is 336 g/mol. The largest absolute Gasteiger partial charge is 0.352 e. The highest BCUT2D eigenvalue weighted by molar-refractivity contribution is 7.98. The summed E-state index contributed by atoms with van der Waals surface area (Å²) in [4.78, 5) is 24.9. The standard InChI is InChI=1S/C18H28N2O2S/c1-5-15(6-2)19-18(22)16(10-11-23-4)20-17(21)14-9-7-8-13(3)12-14/h7-9,12,15-16H,5-6,10-11H2,1-4H3,(H,19,22)(H,20,21). The van der Waals surface area contributed by atoms with Gasteiger partial charge in [0.15, 0.2) is 0 Å². The van der Waals surface area contributed by atoms with E-state index in [4.69, 9.17) is 0 Å². The molecule has 0 aromatic heterocycles. The highest BCUT2D eigenvalue weighted by Crippen LogP contribution is 2.07. The van der Waals surface area contributed by atoms with E-state index in [0.717, 1.165) is 24.2 Å². The summed E-state index contributed by atoms with van der Waals surface area (Å²) >= 11 is 1.67. The lowest BCUT2D eigenvalue weighted by Crippen LogP contribution is -2.49. The normalized spacial score (nSPS) is 12.0. The van der Waals surface area contributed by atoms with Crippen LogP contribution in [0.4, 0.5) is 0 Å². The van der Waals surface area contributed by atoms with Gasteiger partial charge in [-0.15, -0.1) is 0 Å². The van der Waals surface area contributed by atoms with E-state index in [9.17, 15) is 9.59 Å². The number of rotatable bonds is 9. The lowest BCUT2D eigenvalue weighted by atomic mass is 10.1. The van der Waals surface area contributed by atoms with Crippen molar-refractivity contribution in [3.63, 3.8) is 0 Å². The Morgan fingerprint density at radius 2 is 1.87 bits per heavy atom. The summed E-state index contributed by atoms with van der Waals surface area (Å²) in [6.07, 6.45) is 4.41. The fourth-order valence-corrected chi connectivity index (χ4v) is 2.80. The van der Waals surface area contributed by atoms with Gasteiger partial charge in [0.05, 0.1) is 0 Å². The van der Waals surface area contributed by atoms with Crippen LogP contribution < -0.4 is 10.6 Å². The summed E-state index contributed by atoms with van der Waals surface area (Å²) in [5.41, 5.74) is 1.62. The zero-order valence-electron chi connectivity index (χ0n) is 14.5. The molecule has 0 heterocycles. The molecule has 5 heteroatoms. The van der Waals surface area contributed by atoms with E-state index < -0.39 is 6.04 Å². The SMILES string of the molecule is CCC(CC)NC(=O)C(CCSC)NC(=O)c1cccc(C)c1. The van der Waals surface area contributed by atoms with Crippen LogP contribution in [0.2, 0.25) is 0 Å². The molecule has 23 heavy (non-hydrogen) atoms. The number of hydrogen-bond acceptors (Lipinski definition) is 3. The van der Waals surface area contributed by atoms with Crippen LogP contribution in [-0.4, -0.2) is 35.9 Å². The fraction of sp³-hybridized carbons (Fsp3) is 0.556. The Morgan fingerprint density at radius 3 is 2.43 bits per heavy atom. The van der Waals surface area contributed by atoms with Crippen molar-refractivity contribution in [3.05, 3.63) is 35.4 Å². The van der Waals surface area contributed by atoms with E-state index in [1.54, 1.807) is 17.8 Å². The van der Waals surface area contributed by atoms with E-state index in [-0.39, 0.29) is 17.9 Å². The first-order chi connectivity index (χ1) is 11.0. The second-order valence-electron chi connectivity index (χ2n) is 5.70. The van der Waals surface area contributed by atoms with Crippen molar-refractivity contribution in [1.29, 1.82) is 0 Å². The Kier molecular flexibility index (Phi) is 8.77. The van der Waals surface area contributed by atoms with Crippen LogP contribution in [0.1, 0.15) is 49.0 Å². The van der Waals surface area contributed by atoms with Crippen molar-refractivity contribution in [3.8, 4) is 0 Å². The molecule has 1 atom stereocenters. The van der Waals surface area contributed by atoms with E-state index >= 15 is 0 Å². The van der Waals surface area contributed by atoms with Crippen LogP contribution in [0.3, 0.4) is 0 Å². The number of benzene rings is 1. The van der Waals surface area contributed by atoms with Gasteiger partial charge >= 0.3 is 0 Å². The predicted octanol–water partition coefficient (Wildman–Crippen LogP) is 3.15. The summed E-state index contributed by atoms with van der Waals surface area (Å²) in [6, 6.07) is 7.07. The summed E-state index contributed by atoms with van der Waals surface area (Å²) in [5, 5.41) is 5.91. The van der Waals surface area contributed by atoms with Gasteiger partial charge in [0.25, 0.3) is 5.91 Å². The van der Waals surface area contributed by atoms with Gasteiger partial charge < -0.3 is 10.6 Å². The quantitative estimate of drug-likeness (QED) is 0.728. The van der Waals surface area contributed by atoms with Gasteiger partial charge in [-0.1, -0.05) is 31.5 Å². The highest BCUT2D eigenvalue weighted by atomic mass is 32.2. The minimum Gasteiger partial charge on any atom is -0.352 e. The molecule has 4 nitrogen and oxygen atoms in total. The summed E-state index contributed by atoms with van der Waals surface area (Å²) < 4.78 is 0. The van der Waals surface area contributed by atoms with Crippen LogP contribution >= 0.6 is 11.8 Å². The third-order valence-corrected chi connectivity index (χ3v) is 4.49. The zero-order valence-corrected chi connectivity index (χ0v) is 15.3. The lowest BCUT2D eigenvalue weighted by molar-refractivity contribution is -0.123. The smallest absolute Gasteiger partial charge is 0.251 e. The minimum atomic E-state index is -0.490. The maximum atomic E-state index is 12.5. The summed E-state index contributed by atoms with van der Waals surface area (Å²) in [6.45, 7) is 6.05. The molecule has 0 aliphatic carbocycles. The molecule has 0 aliphatic rings. The number of thioether (sulfide) groups is 1. The molecule has 1 unspecified atom stereocenters. The Bertz CT molecular complexity index is 515. The molecule has 1 aromatic carbocycles. The molecule has 1 rings (SSSR count). The van der Waals surface area contributed by atoms with E-state index in [1.165, 1.54) is 0 Å². The van der Waals surface area contributed by atoms with Gasteiger partial charge in [-0.25, -0.2) is 0 Å². The van der Waals surface area contributed by atoms with Crippen LogP contribution in [0, 0.1) is 6.92 Å². The summed E-state index contributed by atoms with van der Waals surface area (Å²) in [5.74, 6) is 0.544. The molecular formula is C18H28N2O2S. The second-order valence-corrected chi connectivity index (χ2v) is 6.68. The molecule has 1 aromatic rings. The molecule has 2 amide bonds. The third kappa shape index (κ3) is 6.65.